The van der Waals surface area contributed by atoms with E-state index in [0.717, 1.165) is 18.5 Å². The second kappa shape index (κ2) is 5.89. The minimum absolute atomic E-state index is 0.304. The summed E-state index contributed by atoms with van der Waals surface area (Å²) in [4.78, 5) is 0. The van der Waals surface area contributed by atoms with Gasteiger partial charge in [-0.15, -0.1) is 11.6 Å². The van der Waals surface area contributed by atoms with Gasteiger partial charge in [0.25, 0.3) is 0 Å². The molecule has 0 fully saturated rings. The Labute approximate surface area is 89.9 Å². The molecular weight excluding hydrogens is 198 g/mol. The van der Waals surface area contributed by atoms with E-state index < -0.39 is 0 Å². The van der Waals surface area contributed by atoms with E-state index in [0.29, 0.717) is 17.7 Å². The van der Waals surface area contributed by atoms with Gasteiger partial charge in [0, 0.05) is 18.5 Å². The molecule has 78 valence electrons. The van der Waals surface area contributed by atoms with Gasteiger partial charge in [0.15, 0.2) is 0 Å². The highest BCUT2D eigenvalue weighted by atomic mass is 35.5. The second-order valence-electron chi connectivity index (χ2n) is 3.31. The van der Waals surface area contributed by atoms with Gasteiger partial charge in [0.05, 0.1) is 0 Å². The summed E-state index contributed by atoms with van der Waals surface area (Å²) in [5.74, 6) is 0.937. The lowest BCUT2D eigenvalue weighted by Gasteiger charge is -2.13. The third-order valence-corrected chi connectivity index (χ3v) is 2.58. The fourth-order valence-electron chi connectivity index (χ4n) is 1.18. The highest BCUT2D eigenvalue weighted by Crippen LogP contribution is 2.09. The molecule has 1 unspecified atom stereocenters. The zero-order valence-corrected chi connectivity index (χ0v) is 9.09. The molecule has 0 radical (unpaired) electrons. The van der Waals surface area contributed by atoms with Gasteiger partial charge in [-0.2, -0.15) is 0 Å². The lowest BCUT2D eigenvalue weighted by molar-refractivity contribution is 0.474. The summed E-state index contributed by atoms with van der Waals surface area (Å²) in [6.07, 6.45) is 1.03. The molecule has 1 aromatic rings. The Kier molecular flexibility index (Phi) is 4.77. The Bertz CT molecular complexity index is 256. The SMILES string of the molecule is CCC(CCl)NCc1ccc(O)cc1. The summed E-state index contributed by atoms with van der Waals surface area (Å²) < 4.78 is 0. The summed E-state index contributed by atoms with van der Waals surface area (Å²) in [6, 6.07) is 7.56. The fraction of sp³-hybridized carbons (Fsp3) is 0.455. The standard InChI is InChI=1S/C11H16ClNO/c1-2-10(7-12)13-8-9-3-5-11(14)6-4-9/h3-6,10,13-14H,2,7-8H2,1H3. The van der Waals surface area contributed by atoms with Gasteiger partial charge in [-0.1, -0.05) is 19.1 Å². The van der Waals surface area contributed by atoms with Crippen molar-refractivity contribution >= 4 is 11.6 Å². The molecule has 1 aromatic carbocycles. The Morgan fingerprint density at radius 2 is 2.00 bits per heavy atom. The van der Waals surface area contributed by atoms with E-state index in [1.807, 2.05) is 12.1 Å². The molecule has 2 nitrogen and oxygen atoms in total. The van der Waals surface area contributed by atoms with Crippen molar-refractivity contribution in [3.63, 3.8) is 0 Å². The van der Waals surface area contributed by atoms with Crippen LogP contribution in [0.3, 0.4) is 0 Å². The van der Waals surface area contributed by atoms with Gasteiger partial charge in [-0.25, -0.2) is 0 Å². The van der Waals surface area contributed by atoms with E-state index in [-0.39, 0.29) is 0 Å². The van der Waals surface area contributed by atoms with Gasteiger partial charge in [0.2, 0.25) is 0 Å². The van der Waals surface area contributed by atoms with Crippen molar-refractivity contribution in [2.75, 3.05) is 5.88 Å². The molecule has 0 saturated heterocycles. The lowest BCUT2D eigenvalue weighted by atomic mass is 10.2. The van der Waals surface area contributed by atoms with Gasteiger partial charge in [-0.05, 0) is 24.1 Å². The maximum atomic E-state index is 9.08. The van der Waals surface area contributed by atoms with Crippen LogP contribution >= 0.6 is 11.6 Å². The summed E-state index contributed by atoms with van der Waals surface area (Å²) in [5.41, 5.74) is 1.16. The van der Waals surface area contributed by atoms with Crippen LogP contribution in [0.4, 0.5) is 0 Å². The maximum Gasteiger partial charge on any atom is 0.115 e. The molecule has 0 amide bonds. The summed E-state index contributed by atoms with van der Waals surface area (Å²) >= 11 is 5.76. The lowest BCUT2D eigenvalue weighted by Crippen LogP contribution is -2.29. The Hall–Kier alpha value is -0.730. The first-order chi connectivity index (χ1) is 6.76. The van der Waals surface area contributed by atoms with Crippen LogP contribution < -0.4 is 5.32 Å². The number of halogens is 1. The summed E-state index contributed by atoms with van der Waals surface area (Å²) in [5, 5.41) is 12.4. The molecule has 0 heterocycles. The summed E-state index contributed by atoms with van der Waals surface area (Å²) in [7, 11) is 0. The molecular formula is C11H16ClNO. The van der Waals surface area contributed by atoms with Gasteiger partial charge >= 0.3 is 0 Å². The summed E-state index contributed by atoms with van der Waals surface area (Å²) in [6.45, 7) is 2.91. The third-order valence-electron chi connectivity index (χ3n) is 2.21. The van der Waals surface area contributed by atoms with Crippen molar-refractivity contribution < 1.29 is 5.11 Å². The molecule has 3 heteroatoms. The van der Waals surface area contributed by atoms with Crippen LogP contribution in [0, 0.1) is 0 Å². The molecule has 0 aromatic heterocycles. The monoisotopic (exact) mass is 213 g/mol. The van der Waals surface area contributed by atoms with E-state index in [2.05, 4.69) is 12.2 Å². The van der Waals surface area contributed by atoms with Gasteiger partial charge < -0.3 is 10.4 Å². The quantitative estimate of drug-likeness (QED) is 0.737. The van der Waals surface area contributed by atoms with E-state index in [1.165, 1.54) is 0 Å². The first-order valence-electron chi connectivity index (χ1n) is 4.83. The zero-order valence-electron chi connectivity index (χ0n) is 8.33. The first-order valence-corrected chi connectivity index (χ1v) is 5.37. The van der Waals surface area contributed by atoms with Crippen molar-refractivity contribution in [2.45, 2.75) is 25.9 Å². The molecule has 0 aliphatic carbocycles. The molecule has 0 spiro atoms. The number of hydrogen-bond acceptors (Lipinski definition) is 2. The molecule has 1 atom stereocenters. The minimum atomic E-state index is 0.304. The first kappa shape index (κ1) is 11.3. The molecule has 14 heavy (non-hydrogen) atoms. The number of nitrogens with one attached hydrogen (secondary N) is 1. The molecule has 0 saturated carbocycles. The van der Waals surface area contributed by atoms with Crippen molar-refractivity contribution in [2.24, 2.45) is 0 Å². The van der Waals surface area contributed by atoms with Crippen LogP contribution in [0.15, 0.2) is 24.3 Å². The van der Waals surface area contributed by atoms with E-state index in [9.17, 15) is 0 Å². The Balaban J connectivity index is 2.41. The molecule has 1 rings (SSSR count). The number of rotatable bonds is 5. The van der Waals surface area contributed by atoms with Crippen molar-refractivity contribution in [3.05, 3.63) is 29.8 Å². The van der Waals surface area contributed by atoms with Crippen molar-refractivity contribution in [1.29, 1.82) is 0 Å². The Morgan fingerprint density at radius 3 is 2.50 bits per heavy atom. The number of alkyl halides is 1. The zero-order chi connectivity index (χ0) is 10.4. The van der Waals surface area contributed by atoms with Crippen molar-refractivity contribution in [3.8, 4) is 5.75 Å². The Morgan fingerprint density at radius 1 is 1.36 bits per heavy atom. The number of phenols is 1. The highest BCUT2D eigenvalue weighted by Gasteiger charge is 2.02. The maximum absolute atomic E-state index is 9.08. The number of benzene rings is 1. The number of phenolic OH excluding ortho intramolecular Hbond substituents is 1. The molecule has 0 bridgehead atoms. The average molecular weight is 214 g/mol. The fourth-order valence-corrected chi connectivity index (χ4v) is 1.51. The molecule has 2 N–H and O–H groups in total. The van der Waals surface area contributed by atoms with Crippen LogP contribution in [0.5, 0.6) is 5.75 Å². The van der Waals surface area contributed by atoms with E-state index in [1.54, 1.807) is 12.1 Å². The molecule has 0 aliphatic rings. The van der Waals surface area contributed by atoms with E-state index in [4.69, 9.17) is 16.7 Å². The smallest absolute Gasteiger partial charge is 0.115 e. The average Bonchev–Trinajstić information content (AvgIpc) is 2.22. The second-order valence-corrected chi connectivity index (χ2v) is 3.62. The van der Waals surface area contributed by atoms with Crippen LogP contribution in [-0.2, 0) is 6.54 Å². The van der Waals surface area contributed by atoms with Crippen molar-refractivity contribution in [1.82, 2.24) is 5.32 Å². The minimum Gasteiger partial charge on any atom is -0.508 e. The predicted octanol–water partition coefficient (Wildman–Crippen LogP) is 2.50. The van der Waals surface area contributed by atoms with Crippen LogP contribution in [0.25, 0.3) is 0 Å². The normalized spacial score (nSPS) is 12.7. The third kappa shape index (κ3) is 3.56. The predicted molar refractivity (Wildman–Crippen MR) is 59.7 cm³/mol. The highest BCUT2D eigenvalue weighted by molar-refractivity contribution is 6.18. The van der Waals surface area contributed by atoms with Crippen LogP contribution in [0.1, 0.15) is 18.9 Å². The van der Waals surface area contributed by atoms with Gasteiger partial charge in [-0.3, -0.25) is 0 Å². The number of aromatic hydroxyl groups is 1. The van der Waals surface area contributed by atoms with Crippen LogP contribution in [-0.4, -0.2) is 17.0 Å². The largest absolute Gasteiger partial charge is 0.508 e. The number of hydrogen-bond donors (Lipinski definition) is 2. The molecule has 0 aliphatic heterocycles. The van der Waals surface area contributed by atoms with Crippen LogP contribution in [0.2, 0.25) is 0 Å². The topological polar surface area (TPSA) is 32.3 Å². The van der Waals surface area contributed by atoms with E-state index >= 15 is 0 Å². The van der Waals surface area contributed by atoms with Gasteiger partial charge in [0.1, 0.15) is 5.75 Å².